The topological polar surface area (TPSA) is 101 Å². The van der Waals surface area contributed by atoms with E-state index >= 15 is 0 Å². The summed E-state index contributed by atoms with van der Waals surface area (Å²) in [6, 6.07) is 0. The zero-order valence-electron chi connectivity index (χ0n) is 4.66. The summed E-state index contributed by atoms with van der Waals surface area (Å²) in [5, 5.41) is 8.18. The molecule has 0 bridgehead atoms. The van der Waals surface area contributed by atoms with Crippen molar-refractivity contribution in [3.05, 3.63) is 18.2 Å². The SMILES string of the molecule is N.O=C(O)c1ncc[nH]1. The molecule has 0 fully saturated rings. The highest BCUT2D eigenvalue weighted by molar-refractivity contribution is 5.82. The van der Waals surface area contributed by atoms with Gasteiger partial charge < -0.3 is 16.2 Å². The Balaban J connectivity index is 0.000000640. The van der Waals surface area contributed by atoms with Crippen LogP contribution in [0, 0.1) is 0 Å². The molecule has 0 amide bonds. The van der Waals surface area contributed by atoms with E-state index in [2.05, 4.69) is 9.97 Å². The fraction of sp³-hybridized carbons (Fsp3) is 0. The quantitative estimate of drug-likeness (QED) is 0.506. The first-order valence-electron chi connectivity index (χ1n) is 2.03. The summed E-state index contributed by atoms with van der Waals surface area (Å²) in [5.41, 5.74) is 0. The molecule has 0 spiro atoms. The van der Waals surface area contributed by atoms with Gasteiger partial charge in [0.1, 0.15) is 0 Å². The number of hydrogen-bond acceptors (Lipinski definition) is 3. The molecule has 50 valence electrons. The summed E-state index contributed by atoms with van der Waals surface area (Å²) in [4.78, 5) is 15.9. The van der Waals surface area contributed by atoms with Gasteiger partial charge in [0, 0.05) is 12.4 Å². The number of aromatic amines is 1. The molecule has 0 aliphatic carbocycles. The Kier molecular flexibility index (Phi) is 2.40. The Morgan fingerprint density at radius 3 is 2.67 bits per heavy atom. The predicted octanol–water partition coefficient (Wildman–Crippen LogP) is 0.270. The summed E-state index contributed by atoms with van der Waals surface area (Å²) in [7, 11) is 0. The smallest absolute Gasteiger partial charge is 0.371 e. The number of imidazole rings is 1. The third kappa shape index (κ3) is 1.54. The molecule has 1 heterocycles. The Bertz CT molecular complexity index is 182. The van der Waals surface area contributed by atoms with Crippen LogP contribution in [0.3, 0.4) is 0 Å². The molecule has 0 aliphatic rings. The molecule has 0 saturated carbocycles. The fourth-order valence-corrected chi connectivity index (χ4v) is 0.382. The molecule has 1 rings (SSSR count). The molecule has 0 aliphatic heterocycles. The number of carbonyl (C=O) groups is 1. The highest BCUT2D eigenvalue weighted by Crippen LogP contribution is 1.84. The maximum absolute atomic E-state index is 9.97. The van der Waals surface area contributed by atoms with Gasteiger partial charge in [-0.25, -0.2) is 9.78 Å². The number of nitrogens with zero attached hydrogens (tertiary/aromatic N) is 1. The third-order valence-electron chi connectivity index (χ3n) is 0.701. The molecule has 0 atom stereocenters. The Morgan fingerprint density at radius 1 is 1.78 bits per heavy atom. The minimum atomic E-state index is -1.03. The molecule has 0 unspecified atom stereocenters. The maximum atomic E-state index is 9.97. The van der Waals surface area contributed by atoms with E-state index in [-0.39, 0.29) is 12.0 Å². The number of aromatic nitrogens is 2. The molecular weight excluding hydrogens is 122 g/mol. The van der Waals surface area contributed by atoms with Crippen molar-refractivity contribution < 1.29 is 9.90 Å². The standard InChI is InChI=1S/C4H4N2O2.H3N/c7-4(8)3-5-1-2-6-3;/h1-2H,(H,5,6)(H,7,8);1H3. The number of rotatable bonds is 1. The van der Waals surface area contributed by atoms with Crippen molar-refractivity contribution in [1.82, 2.24) is 16.1 Å². The molecule has 0 radical (unpaired) electrons. The number of hydrogen-bond donors (Lipinski definition) is 3. The van der Waals surface area contributed by atoms with Crippen LogP contribution in [0.4, 0.5) is 0 Å². The number of carboxylic acid groups (broad SMARTS) is 1. The van der Waals surface area contributed by atoms with Crippen LogP contribution in [0.15, 0.2) is 12.4 Å². The van der Waals surface area contributed by atoms with E-state index in [1.807, 2.05) is 0 Å². The first-order chi connectivity index (χ1) is 3.80. The van der Waals surface area contributed by atoms with Crippen LogP contribution in [0.5, 0.6) is 0 Å². The van der Waals surface area contributed by atoms with Crippen molar-refractivity contribution in [1.29, 1.82) is 0 Å². The maximum Gasteiger partial charge on any atom is 0.371 e. The molecule has 5 heteroatoms. The average molecular weight is 129 g/mol. The van der Waals surface area contributed by atoms with Crippen molar-refractivity contribution in [2.75, 3.05) is 0 Å². The van der Waals surface area contributed by atoms with Crippen molar-refractivity contribution in [2.24, 2.45) is 0 Å². The Labute approximate surface area is 51.3 Å². The van der Waals surface area contributed by atoms with Crippen LogP contribution in [-0.4, -0.2) is 21.0 Å². The third-order valence-corrected chi connectivity index (χ3v) is 0.701. The van der Waals surface area contributed by atoms with Crippen LogP contribution < -0.4 is 6.15 Å². The lowest BCUT2D eigenvalue weighted by Crippen LogP contribution is -1.97. The number of aromatic carboxylic acids is 1. The van der Waals surface area contributed by atoms with Crippen molar-refractivity contribution >= 4 is 5.97 Å². The van der Waals surface area contributed by atoms with E-state index in [1.165, 1.54) is 12.4 Å². The van der Waals surface area contributed by atoms with Crippen LogP contribution in [0.2, 0.25) is 0 Å². The van der Waals surface area contributed by atoms with Gasteiger partial charge in [0.15, 0.2) is 0 Å². The molecule has 1 aromatic rings. The van der Waals surface area contributed by atoms with Crippen molar-refractivity contribution in [3.8, 4) is 0 Å². The zero-order valence-corrected chi connectivity index (χ0v) is 4.66. The van der Waals surface area contributed by atoms with Gasteiger partial charge in [-0.05, 0) is 0 Å². The molecule has 5 N–H and O–H groups in total. The highest BCUT2D eigenvalue weighted by Gasteiger charge is 2.00. The molecular formula is C4H7N3O2. The van der Waals surface area contributed by atoms with Gasteiger partial charge in [0.25, 0.3) is 0 Å². The normalized spacial score (nSPS) is 8.00. The largest absolute Gasteiger partial charge is 0.475 e. The lowest BCUT2D eigenvalue weighted by Gasteiger charge is -1.79. The average Bonchev–Trinajstić information content (AvgIpc) is 2.12. The number of carboxylic acids is 1. The molecule has 9 heavy (non-hydrogen) atoms. The van der Waals surface area contributed by atoms with E-state index in [0.29, 0.717) is 0 Å². The van der Waals surface area contributed by atoms with Gasteiger partial charge in [0.05, 0.1) is 0 Å². The van der Waals surface area contributed by atoms with E-state index in [4.69, 9.17) is 5.11 Å². The van der Waals surface area contributed by atoms with Crippen LogP contribution >= 0.6 is 0 Å². The van der Waals surface area contributed by atoms with Gasteiger partial charge in [-0.1, -0.05) is 0 Å². The monoisotopic (exact) mass is 129 g/mol. The summed E-state index contributed by atoms with van der Waals surface area (Å²) in [6.07, 6.45) is 2.85. The number of H-pyrrole nitrogens is 1. The zero-order chi connectivity index (χ0) is 5.98. The van der Waals surface area contributed by atoms with Crippen molar-refractivity contribution in [2.45, 2.75) is 0 Å². The molecule has 1 aromatic heterocycles. The van der Waals surface area contributed by atoms with E-state index in [1.54, 1.807) is 0 Å². The number of nitrogens with one attached hydrogen (secondary N) is 1. The van der Waals surface area contributed by atoms with Gasteiger partial charge in [-0.15, -0.1) is 0 Å². The molecule has 0 saturated heterocycles. The lowest BCUT2D eigenvalue weighted by atomic mass is 10.7. The van der Waals surface area contributed by atoms with Crippen LogP contribution in [0.1, 0.15) is 10.6 Å². The van der Waals surface area contributed by atoms with E-state index in [0.717, 1.165) is 0 Å². The van der Waals surface area contributed by atoms with Crippen LogP contribution in [-0.2, 0) is 0 Å². The van der Waals surface area contributed by atoms with Crippen molar-refractivity contribution in [3.63, 3.8) is 0 Å². The second kappa shape index (κ2) is 2.83. The van der Waals surface area contributed by atoms with E-state index in [9.17, 15) is 4.79 Å². The fourth-order valence-electron chi connectivity index (χ4n) is 0.382. The molecule has 5 nitrogen and oxygen atoms in total. The summed E-state index contributed by atoms with van der Waals surface area (Å²) >= 11 is 0. The van der Waals surface area contributed by atoms with Gasteiger partial charge in [0.2, 0.25) is 5.82 Å². The minimum Gasteiger partial charge on any atom is -0.475 e. The second-order valence-corrected chi connectivity index (χ2v) is 1.24. The van der Waals surface area contributed by atoms with Gasteiger partial charge >= 0.3 is 5.97 Å². The summed E-state index contributed by atoms with van der Waals surface area (Å²) in [5.74, 6) is -1.06. The summed E-state index contributed by atoms with van der Waals surface area (Å²) < 4.78 is 0. The first-order valence-corrected chi connectivity index (χ1v) is 2.03. The van der Waals surface area contributed by atoms with Crippen LogP contribution in [0.25, 0.3) is 0 Å². The molecule has 0 aromatic carbocycles. The highest BCUT2D eigenvalue weighted by atomic mass is 16.4. The summed E-state index contributed by atoms with van der Waals surface area (Å²) in [6.45, 7) is 0. The Hall–Kier alpha value is -1.36. The first kappa shape index (κ1) is 7.64. The minimum absolute atomic E-state index is 0. The second-order valence-electron chi connectivity index (χ2n) is 1.24. The van der Waals surface area contributed by atoms with Gasteiger partial charge in [-0.3, -0.25) is 0 Å². The predicted molar refractivity (Wildman–Crippen MR) is 30.6 cm³/mol. The lowest BCUT2D eigenvalue weighted by molar-refractivity contribution is 0.0685. The van der Waals surface area contributed by atoms with E-state index < -0.39 is 5.97 Å². The Morgan fingerprint density at radius 2 is 2.44 bits per heavy atom. The van der Waals surface area contributed by atoms with Gasteiger partial charge in [-0.2, -0.15) is 0 Å².